The Kier molecular flexibility index (Phi) is 9.70. The van der Waals surface area contributed by atoms with Crippen LogP contribution in [0.4, 0.5) is 5.82 Å². The number of amides is 1. The van der Waals surface area contributed by atoms with Crippen LogP contribution < -0.4 is 21.8 Å². The van der Waals surface area contributed by atoms with E-state index in [0.29, 0.717) is 0 Å². The summed E-state index contributed by atoms with van der Waals surface area (Å²) in [5, 5.41) is 65.7. The van der Waals surface area contributed by atoms with Crippen molar-refractivity contribution in [3.8, 4) is 0 Å². The van der Waals surface area contributed by atoms with Crippen molar-refractivity contribution in [2.75, 3.05) is 12.3 Å². The molecule has 3 rings (SSSR count). The Hall–Kier alpha value is -2.55. The predicted molar refractivity (Wildman–Crippen MR) is 126 cm³/mol. The quantitative estimate of drug-likeness (QED) is 0.0974. The van der Waals surface area contributed by atoms with E-state index in [4.69, 9.17) is 29.1 Å². The highest BCUT2D eigenvalue weighted by Crippen LogP contribution is 2.51. The highest BCUT2D eigenvalue weighted by Gasteiger charge is 2.57. The first-order valence-electron chi connectivity index (χ1n) is 11.8. The third-order valence-corrected chi connectivity index (χ3v) is 7.25. The first kappa shape index (κ1) is 32.0. The zero-order chi connectivity index (χ0) is 30.2. The highest BCUT2D eigenvalue weighted by atomic mass is 31.2. The zero-order valence-electron chi connectivity index (χ0n) is 21.1. The number of carboxylic acids is 1. The number of carbonyl (C=O) groups is 2. The van der Waals surface area contributed by atoms with E-state index >= 15 is 0 Å². The minimum absolute atomic E-state index is 0.120. The molecule has 0 spiro atoms. The molecule has 226 valence electrons. The molecular weight excluding hydrogens is 567 g/mol. The zero-order valence-corrected chi connectivity index (χ0v) is 22.0. The van der Waals surface area contributed by atoms with Crippen molar-refractivity contribution in [1.29, 1.82) is 0 Å². The predicted octanol–water partition coefficient (Wildman–Crippen LogP) is -5.85. The largest absolute Gasteiger partial charge is 0.637 e. The molecule has 1 amide bonds. The summed E-state index contributed by atoms with van der Waals surface area (Å²) < 4.78 is 34.0. The van der Waals surface area contributed by atoms with Crippen LogP contribution >= 0.6 is 7.82 Å². The Bertz CT molecular complexity index is 1200. The molecule has 0 aliphatic carbocycles. The Morgan fingerprint density at radius 3 is 2.58 bits per heavy atom. The maximum Gasteiger partial charge on any atom is 0.637 e. The minimum atomic E-state index is -5.25. The number of aliphatic carboxylic acids is 1. The van der Waals surface area contributed by atoms with E-state index in [-0.39, 0.29) is 5.82 Å². The highest BCUT2D eigenvalue weighted by molar-refractivity contribution is 7.47. The maximum absolute atomic E-state index is 12.9. The number of aliphatic hydroxyl groups excluding tert-OH is 5. The van der Waals surface area contributed by atoms with Crippen LogP contribution in [0.3, 0.4) is 0 Å². The summed E-state index contributed by atoms with van der Waals surface area (Å²) >= 11 is 0. The molecule has 1 aromatic rings. The van der Waals surface area contributed by atoms with E-state index in [1.54, 1.807) is 0 Å². The monoisotopic (exact) mass is 598 g/mol. The fraction of sp³-hybridized carbons (Fsp3) is 0.700. The number of hydrogen-bond acceptors (Lipinski definition) is 16. The lowest BCUT2D eigenvalue weighted by atomic mass is 9.89. The lowest BCUT2D eigenvalue weighted by Crippen LogP contribution is -2.69. The second-order valence-corrected chi connectivity index (χ2v) is 10.8. The van der Waals surface area contributed by atoms with Gasteiger partial charge in [-0.15, -0.1) is 0 Å². The molecule has 2 fully saturated rings. The van der Waals surface area contributed by atoms with Crippen molar-refractivity contribution in [2.45, 2.75) is 81.1 Å². The van der Waals surface area contributed by atoms with Gasteiger partial charge in [0.05, 0.1) is 24.9 Å². The number of carboxylic acid groups (broad SMARTS) is 1. The van der Waals surface area contributed by atoms with Gasteiger partial charge in [-0.25, -0.2) is 13.8 Å². The van der Waals surface area contributed by atoms with Gasteiger partial charge in [0.25, 0.3) is 0 Å². The van der Waals surface area contributed by atoms with E-state index < -0.39 is 99.2 Å². The summed E-state index contributed by atoms with van der Waals surface area (Å²) in [6.45, 7) is 1.22. The lowest BCUT2D eigenvalue weighted by Gasteiger charge is -2.48. The van der Waals surface area contributed by atoms with Gasteiger partial charge in [0, 0.05) is 19.5 Å². The van der Waals surface area contributed by atoms with Gasteiger partial charge in [-0.05, 0) is 13.0 Å². The molecule has 40 heavy (non-hydrogen) atoms. The lowest BCUT2D eigenvalue weighted by molar-refractivity contribution is -0.369. The normalized spacial score (nSPS) is 35.5. The second-order valence-electron chi connectivity index (χ2n) is 9.32. The van der Waals surface area contributed by atoms with E-state index in [0.717, 1.165) is 24.6 Å². The topological polar surface area (TPSA) is 308 Å². The third kappa shape index (κ3) is 6.84. The number of hydrogen-bond donors (Lipinski definition) is 7. The van der Waals surface area contributed by atoms with Crippen LogP contribution in [0, 0.1) is 0 Å². The fourth-order valence-electron chi connectivity index (χ4n) is 4.27. The van der Waals surface area contributed by atoms with Crippen LogP contribution in [0.15, 0.2) is 17.1 Å². The molecule has 0 saturated carbocycles. The van der Waals surface area contributed by atoms with Crippen molar-refractivity contribution in [1.82, 2.24) is 14.9 Å². The summed E-state index contributed by atoms with van der Waals surface area (Å²) in [7, 11) is -5.25. The Labute approximate surface area is 225 Å². The number of rotatable bonds is 10. The van der Waals surface area contributed by atoms with Crippen molar-refractivity contribution >= 4 is 25.5 Å². The molecule has 0 radical (unpaired) electrons. The fourth-order valence-corrected chi connectivity index (χ4v) is 5.24. The summed E-state index contributed by atoms with van der Waals surface area (Å²) in [6, 6.07) is -0.244. The van der Waals surface area contributed by atoms with E-state index in [1.807, 2.05) is 0 Å². The van der Waals surface area contributed by atoms with E-state index in [9.17, 15) is 49.6 Å². The summed E-state index contributed by atoms with van der Waals surface area (Å²) in [6.07, 6.45) is -13.6. The molecule has 3 unspecified atom stereocenters. The van der Waals surface area contributed by atoms with Crippen LogP contribution in [0.1, 0.15) is 26.5 Å². The molecule has 1 aromatic heterocycles. The number of nitrogens with zero attached hydrogens (tertiary/aromatic N) is 2. The first-order chi connectivity index (χ1) is 18.5. The molecule has 2 saturated heterocycles. The number of aliphatic hydroxyl groups is 5. The van der Waals surface area contributed by atoms with Gasteiger partial charge >= 0.3 is 13.5 Å². The first-order valence-corrected chi connectivity index (χ1v) is 13.3. The molecule has 3 heterocycles. The average molecular weight is 598 g/mol. The van der Waals surface area contributed by atoms with Crippen molar-refractivity contribution in [2.24, 2.45) is 0 Å². The number of nitrogen functional groups attached to an aromatic ring is 1. The molecule has 0 bridgehead atoms. The van der Waals surface area contributed by atoms with Gasteiger partial charge in [0.2, 0.25) is 11.7 Å². The Balaban J connectivity index is 1.77. The summed E-state index contributed by atoms with van der Waals surface area (Å²) in [5.74, 6) is -6.24. The van der Waals surface area contributed by atoms with Crippen LogP contribution in [0.5, 0.6) is 0 Å². The number of nitrogens with two attached hydrogens (primary N) is 1. The van der Waals surface area contributed by atoms with E-state index in [1.165, 1.54) is 6.07 Å². The standard InChI is InChI=1S/C20H31N4O15P/c1-7(25)13(28)16-12(22-8(2)26)9(27)5-20(38-16,18(31)32)39-40(34,35)36-6-10-14(29)15(30)17(37-10)24-4-3-11(21)23-19(24)33/h3-4,7,9-10,12-17,25,27-30H,5-6H2,1-2H3,(H,22,26)(H,31,32)(H,34,35)(H2,21,23,33)/t7-,9-,10-,12-,13-,14+,15?,16?,17-,20-/m1/s1. The van der Waals surface area contributed by atoms with Gasteiger partial charge in [-0.2, -0.15) is 9.55 Å². The van der Waals surface area contributed by atoms with Crippen molar-refractivity contribution in [3.05, 3.63) is 22.7 Å². The molecule has 2 aliphatic rings. The van der Waals surface area contributed by atoms with Gasteiger partial charge in [-0.1, -0.05) is 0 Å². The van der Waals surface area contributed by atoms with Gasteiger partial charge in [0.1, 0.15) is 42.3 Å². The number of ether oxygens (including phenoxy) is 2. The van der Waals surface area contributed by atoms with Crippen molar-refractivity contribution < 1.29 is 68.2 Å². The van der Waals surface area contributed by atoms with Gasteiger partial charge < -0.3 is 60.9 Å². The third-order valence-electron chi connectivity index (χ3n) is 6.22. The summed E-state index contributed by atoms with van der Waals surface area (Å²) in [4.78, 5) is 47.1. The van der Waals surface area contributed by atoms with Crippen LogP contribution in [0.2, 0.25) is 0 Å². The molecule has 20 heteroatoms. The van der Waals surface area contributed by atoms with Gasteiger partial charge in [-0.3, -0.25) is 9.36 Å². The molecule has 2 aliphatic heterocycles. The Morgan fingerprint density at radius 2 is 2.02 bits per heavy atom. The molecule has 0 aromatic carbocycles. The van der Waals surface area contributed by atoms with Crippen LogP contribution in [-0.2, 0) is 32.7 Å². The minimum Gasteiger partial charge on any atom is -0.544 e. The Morgan fingerprint density at radius 1 is 1.38 bits per heavy atom. The maximum atomic E-state index is 12.9. The second kappa shape index (κ2) is 12.1. The molecular formula is C20H31N4O15P. The van der Waals surface area contributed by atoms with Crippen LogP contribution in [-0.4, -0.2) is 113 Å². The smallest absolute Gasteiger partial charge is 0.544 e. The number of carbonyl (C=O) groups excluding carboxylic acids is 2. The number of aromatic nitrogens is 2. The molecule has 11 atom stereocenters. The van der Waals surface area contributed by atoms with Crippen LogP contribution in [0.25, 0.3) is 0 Å². The SMILES string of the molecule is CC(=O)N[C@H]1C([C@H](O)[C@@H](C)O)O[C@](OP(=O)([OH2+])OC[C@H]2O[C@@H](n3ccc(N)nc3=O)C(O)[C@H]2O)(C(=O)[O-])C[C@H]1O. The average Bonchev–Trinajstić information content (AvgIpc) is 3.11. The van der Waals surface area contributed by atoms with Crippen molar-refractivity contribution in [3.63, 3.8) is 0 Å². The van der Waals surface area contributed by atoms with Gasteiger partial charge in [0.15, 0.2) is 6.23 Å². The molecule has 19 nitrogen and oxygen atoms in total. The molecule has 10 N–H and O–H groups in total. The number of anilines is 1. The summed E-state index contributed by atoms with van der Waals surface area (Å²) in [5.41, 5.74) is 4.49. The van der Waals surface area contributed by atoms with E-state index in [2.05, 4.69) is 10.3 Å². The number of nitrogens with one attached hydrogen (secondary N) is 1.